The van der Waals surface area contributed by atoms with Crippen molar-refractivity contribution in [2.24, 2.45) is 0 Å². The molecule has 3 aromatic carbocycles. The van der Waals surface area contributed by atoms with Crippen molar-refractivity contribution in [3.63, 3.8) is 0 Å². The Labute approximate surface area is 203 Å². The van der Waals surface area contributed by atoms with Crippen molar-refractivity contribution in [2.45, 2.75) is 17.3 Å². The predicted octanol–water partition coefficient (Wildman–Crippen LogP) is 6.49. The molecule has 170 valence electrons. The normalized spacial score (nSPS) is 18.5. The van der Waals surface area contributed by atoms with Crippen LogP contribution in [0.4, 0.5) is 14.7 Å². The van der Waals surface area contributed by atoms with Gasteiger partial charge in [-0.15, -0.1) is 5.10 Å². The molecule has 0 aliphatic carbocycles. The number of hydrogen-bond donors (Lipinski definition) is 1. The molecule has 1 N–H and O–H groups in total. The van der Waals surface area contributed by atoms with Crippen molar-refractivity contribution in [3.8, 4) is 5.75 Å². The number of rotatable bonds is 3. The largest absolute Gasteiger partial charge is 0.480 e. The molecule has 0 spiro atoms. The van der Waals surface area contributed by atoms with Gasteiger partial charge in [-0.25, -0.2) is 13.5 Å². The number of halogens is 3. The number of anilines is 1. The molecule has 9 heteroatoms. The predicted molar refractivity (Wildman–Crippen MR) is 128 cm³/mol. The van der Waals surface area contributed by atoms with Crippen LogP contribution in [0.15, 0.2) is 77.5 Å². The van der Waals surface area contributed by atoms with Gasteiger partial charge in [0.1, 0.15) is 29.5 Å². The van der Waals surface area contributed by atoms with E-state index in [2.05, 4.69) is 15.4 Å². The van der Waals surface area contributed by atoms with Crippen molar-refractivity contribution < 1.29 is 13.5 Å². The van der Waals surface area contributed by atoms with Gasteiger partial charge in [0, 0.05) is 21.7 Å². The van der Waals surface area contributed by atoms with E-state index >= 15 is 4.39 Å². The number of nitrogens with zero attached hydrogens (tertiary/aromatic N) is 3. The van der Waals surface area contributed by atoms with Crippen LogP contribution in [-0.4, -0.2) is 21.0 Å². The molecule has 0 bridgehead atoms. The van der Waals surface area contributed by atoms with E-state index in [0.717, 1.165) is 22.4 Å². The van der Waals surface area contributed by atoms with Crippen LogP contribution in [0.3, 0.4) is 0 Å². The van der Waals surface area contributed by atoms with Crippen LogP contribution < -0.4 is 10.1 Å². The minimum absolute atomic E-state index is 0.350. The third-order valence-corrected chi connectivity index (χ3v) is 6.74. The molecule has 0 radical (unpaired) electrons. The second-order valence-corrected chi connectivity index (χ2v) is 9.15. The summed E-state index contributed by atoms with van der Waals surface area (Å²) < 4.78 is 37.1. The van der Waals surface area contributed by atoms with Crippen molar-refractivity contribution in [3.05, 3.63) is 106 Å². The molecule has 0 unspecified atom stereocenters. The molecular weight excluding hydrogens is 478 g/mol. The van der Waals surface area contributed by atoms with Gasteiger partial charge in [-0.2, -0.15) is 4.98 Å². The zero-order valence-electron chi connectivity index (χ0n) is 17.8. The Morgan fingerprint density at radius 1 is 1.06 bits per heavy atom. The van der Waals surface area contributed by atoms with E-state index < -0.39 is 12.1 Å². The molecule has 0 amide bonds. The monoisotopic (exact) mass is 494 g/mol. The fourth-order valence-electron chi connectivity index (χ4n) is 4.48. The lowest BCUT2D eigenvalue weighted by Crippen LogP contribution is -2.32. The maximum Gasteiger partial charge on any atom is 0.227 e. The summed E-state index contributed by atoms with van der Waals surface area (Å²) in [7, 11) is 0. The lowest BCUT2D eigenvalue weighted by atomic mass is 9.84. The van der Waals surface area contributed by atoms with Gasteiger partial charge in [0.25, 0.3) is 0 Å². The first kappa shape index (κ1) is 21.2. The number of hydrogen-bond acceptors (Lipinski definition) is 5. The van der Waals surface area contributed by atoms with Crippen LogP contribution in [0, 0.1) is 11.6 Å². The van der Waals surface area contributed by atoms with Crippen LogP contribution in [0.2, 0.25) is 5.02 Å². The Morgan fingerprint density at radius 3 is 2.62 bits per heavy atom. The highest BCUT2D eigenvalue weighted by molar-refractivity contribution is 7.98. The average Bonchev–Trinajstić information content (AvgIpc) is 3.26. The first-order chi connectivity index (χ1) is 16.5. The average molecular weight is 495 g/mol. The standard InChI is InChI=1S/C25H17ClF2N4OS/c1-34-25-30-24-29-21-17-12-14(26)8-11-19(17)33-23(13-6-9-15(27)10-7-13)20(21)22(32(24)31-25)16-4-2-3-5-18(16)28/h2-12,22-23H,1H3,(H,29,30,31)/t22-,23-/m1/s1. The van der Waals surface area contributed by atoms with Crippen LogP contribution in [-0.2, 0) is 0 Å². The van der Waals surface area contributed by atoms with Gasteiger partial charge >= 0.3 is 0 Å². The van der Waals surface area contributed by atoms with Gasteiger partial charge < -0.3 is 10.1 Å². The fourth-order valence-corrected chi connectivity index (χ4v) is 5.00. The Hall–Kier alpha value is -3.36. The summed E-state index contributed by atoms with van der Waals surface area (Å²) >= 11 is 7.73. The molecule has 0 saturated heterocycles. The first-order valence-corrected chi connectivity index (χ1v) is 12.1. The molecule has 2 aliphatic heterocycles. The third kappa shape index (κ3) is 3.36. The zero-order valence-corrected chi connectivity index (χ0v) is 19.4. The topological polar surface area (TPSA) is 52.0 Å². The summed E-state index contributed by atoms with van der Waals surface area (Å²) in [5, 5.41) is 9.11. The number of aromatic nitrogens is 3. The minimum atomic E-state index is -0.650. The van der Waals surface area contributed by atoms with Crippen LogP contribution in [0.25, 0.3) is 5.70 Å². The molecule has 2 atom stereocenters. The van der Waals surface area contributed by atoms with Crippen molar-refractivity contribution in [1.29, 1.82) is 0 Å². The van der Waals surface area contributed by atoms with Gasteiger partial charge in [-0.05, 0) is 48.2 Å². The highest BCUT2D eigenvalue weighted by Crippen LogP contribution is 2.51. The molecule has 6 rings (SSSR count). The van der Waals surface area contributed by atoms with E-state index in [4.69, 9.17) is 16.3 Å². The Bertz CT molecular complexity index is 1450. The number of benzene rings is 3. The van der Waals surface area contributed by atoms with Gasteiger partial charge in [-0.1, -0.05) is 53.7 Å². The van der Waals surface area contributed by atoms with E-state index in [1.54, 1.807) is 53.2 Å². The second kappa shape index (κ2) is 8.14. The molecule has 0 saturated carbocycles. The number of nitrogens with one attached hydrogen (secondary N) is 1. The summed E-state index contributed by atoms with van der Waals surface area (Å²) in [6, 6.07) is 17.4. The second-order valence-electron chi connectivity index (χ2n) is 7.94. The van der Waals surface area contributed by atoms with Crippen LogP contribution >= 0.6 is 23.4 Å². The lowest BCUT2D eigenvalue weighted by molar-refractivity contribution is 0.222. The lowest BCUT2D eigenvalue weighted by Gasteiger charge is -2.39. The quantitative estimate of drug-likeness (QED) is 0.330. The van der Waals surface area contributed by atoms with E-state index in [9.17, 15) is 4.39 Å². The molecule has 34 heavy (non-hydrogen) atoms. The maximum absolute atomic E-state index is 15.2. The highest BCUT2D eigenvalue weighted by atomic mass is 35.5. The van der Waals surface area contributed by atoms with E-state index in [-0.39, 0.29) is 11.6 Å². The number of fused-ring (bicyclic) bond motifs is 3. The maximum atomic E-state index is 15.2. The molecule has 1 aromatic heterocycles. The summed E-state index contributed by atoms with van der Waals surface area (Å²) in [4.78, 5) is 4.59. The first-order valence-electron chi connectivity index (χ1n) is 10.5. The van der Waals surface area contributed by atoms with Crippen molar-refractivity contribution in [1.82, 2.24) is 14.8 Å². The molecule has 0 fully saturated rings. The van der Waals surface area contributed by atoms with E-state index in [0.29, 0.717) is 27.4 Å². The minimum Gasteiger partial charge on any atom is -0.480 e. The Balaban J connectivity index is 1.66. The molecule has 3 heterocycles. The van der Waals surface area contributed by atoms with Crippen molar-refractivity contribution >= 4 is 35.0 Å². The summed E-state index contributed by atoms with van der Waals surface area (Å²) in [5.74, 6) is 0.372. The zero-order chi connectivity index (χ0) is 23.4. The van der Waals surface area contributed by atoms with Crippen molar-refractivity contribution in [2.75, 3.05) is 11.6 Å². The summed E-state index contributed by atoms with van der Waals surface area (Å²) in [6.45, 7) is 0. The molecule has 4 aromatic rings. The van der Waals surface area contributed by atoms with Crippen LogP contribution in [0.1, 0.15) is 28.8 Å². The molecule has 2 aliphatic rings. The SMILES string of the molecule is CSc1nc2n(n1)[C@H](c1ccccc1F)C1=C(N2)c2cc(Cl)ccc2O[C@@H]1c1ccc(F)cc1. The molecule has 5 nitrogen and oxygen atoms in total. The van der Waals surface area contributed by atoms with Gasteiger partial charge in [-0.3, -0.25) is 0 Å². The summed E-state index contributed by atoms with van der Waals surface area (Å²) in [5.41, 5.74) is 3.35. The van der Waals surface area contributed by atoms with Gasteiger partial charge in [0.2, 0.25) is 11.1 Å². The Morgan fingerprint density at radius 2 is 1.85 bits per heavy atom. The molecular formula is C25H17ClF2N4OS. The number of ether oxygens (including phenoxy) is 1. The summed E-state index contributed by atoms with van der Waals surface area (Å²) in [6.07, 6.45) is 1.25. The number of thioether (sulfide) groups is 1. The highest BCUT2D eigenvalue weighted by Gasteiger charge is 2.42. The fraction of sp³-hybridized carbons (Fsp3) is 0.120. The van der Waals surface area contributed by atoms with Gasteiger partial charge in [0.05, 0.1) is 5.70 Å². The van der Waals surface area contributed by atoms with Gasteiger partial charge in [0.15, 0.2) is 0 Å². The van der Waals surface area contributed by atoms with E-state index in [1.807, 2.05) is 6.26 Å². The van der Waals surface area contributed by atoms with E-state index in [1.165, 1.54) is 30.0 Å². The van der Waals surface area contributed by atoms with Crippen LogP contribution in [0.5, 0.6) is 5.75 Å². The third-order valence-electron chi connectivity index (χ3n) is 5.97. The smallest absolute Gasteiger partial charge is 0.227 e. The Kier molecular flexibility index (Phi) is 5.08.